The Morgan fingerprint density at radius 1 is 1.27 bits per heavy atom. The Bertz CT molecular complexity index is 702. The molecule has 1 aromatic rings. The van der Waals surface area contributed by atoms with Crippen molar-refractivity contribution in [3.8, 4) is 0 Å². The van der Waals surface area contributed by atoms with Crippen molar-refractivity contribution < 1.29 is 24.2 Å². The van der Waals surface area contributed by atoms with Gasteiger partial charge in [-0.1, -0.05) is 30.7 Å². The highest BCUT2D eigenvalue weighted by Gasteiger charge is 2.25. The van der Waals surface area contributed by atoms with Crippen molar-refractivity contribution in [2.24, 2.45) is 5.10 Å². The first-order valence-corrected chi connectivity index (χ1v) is 8.82. The Labute approximate surface area is 156 Å². The smallest absolute Gasteiger partial charge is 0.306 e. The monoisotopic (exact) mass is 380 g/mol. The lowest BCUT2D eigenvalue weighted by Crippen LogP contribution is -2.39. The number of hydrogen-bond donors (Lipinski definition) is 1. The first kappa shape index (κ1) is 19.9. The van der Waals surface area contributed by atoms with Gasteiger partial charge in [0.05, 0.1) is 25.1 Å². The standard InChI is InChI=1S/C18H21ClN2O5/c1-2-14(26-18(25)10-9-17(23)24)11-21-16(22)8-7-15(20-21)12-3-5-13(19)6-4-12/h3-6,14H,2,7-11H2,1H3,(H,23,24). The quantitative estimate of drug-likeness (QED) is 0.699. The van der Waals surface area contributed by atoms with Crippen LogP contribution in [0.5, 0.6) is 0 Å². The average molecular weight is 381 g/mol. The van der Waals surface area contributed by atoms with Crippen LogP contribution < -0.4 is 0 Å². The molecule has 0 radical (unpaired) electrons. The number of amides is 1. The minimum atomic E-state index is -1.06. The number of hydrogen-bond acceptors (Lipinski definition) is 5. The molecule has 1 amide bonds. The first-order chi connectivity index (χ1) is 12.4. The molecule has 7 nitrogen and oxygen atoms in total. The molecule has 0 saturated carbocycles. The zero-order valence-corrected chi connectivity index (χ0v) is 15.2. The number of rotatable bonds is 8. The van der Waals surface area contributed by atoms with Gasteiger partial charge < -0.3 is 9.84 Å². The van der Waals surface area contributed by atoms with Crippen molar-refractivity contribution in [1.82, 2.24) is 5.01 Å². The summed E-state index contributed by atoms with van der Waals surface area (Å²) in [7, 11) is 0. The third-order valence-corrected chi connectivity index (χ3v) is 4.21. The molecule has 1 aromatic carbocycles. The molecule has 0 saturated heterocycles. The van der Waals surface area contributed by atoms with E-state index in [1.165, 1.54) is 5.01 Å². The molecular weight excluding hydrogens is 360 g/mol. The molecule has 0 aromatic heterocycles. The van der Waals surface area contributed by atoms with Gasteiger partial charge in [-0.3, -0.25) is 14.4 Å². The van der Waals surface area contributed by atoms with E-state index in [0.29, 0.717) is 24.3 Å². The van der Waals surface area contributed by atoms with Crippen LogP contribution in [-0.4, -0.2) is 46.3 Å². The van der Waals surface area contributed by atoms with Crippen LogP contribution in [0.1, 0.15) is 44.6 Å². The lowest BCUT2D eigenvalue weighted by atomic mass is 10.0. The molecule has 26 heavy (non-hydrogen) atoms. The second-order valence-corrected chi connectivity index (χ2v) is 6.38. The molecule has 0 aliphatic carbocycles. The number of halogens is 1. The molecule has 1 atom stereocenters. The third-order valence-electron chi connectivity index (χ3n) is 3.96. The molecule has 0 spiro atoms. The van der Waals surface area contributed by atoms with Crippen LogP contribution in [0.3, 0.4) is 0 Å². The van der Waals surface area contributed by atoms with Crippen molar-refractivity contribution in [2.45, 2.75) is 45.1 Å². The zero-order valence-electron chi connectivity index (χ0n) is 14.5. The van der Waals surface area contributed by atoms with Crippen LogP contribution in [0.15, 0.2) is 29.4 Å². The molecule has 1 heterocycles. The lowest BCUT2D eigenvalue weighted by molar-refractivity contribution is -0.154. The summed E-state index contributed by atoms with van der Waals surface area (Å²) in [6, 6.07) is 7.22. The van der Waals surface area contributed by atoms with E-state index in [4.69, 9.17) is 21.4 Å². The van der Waals surface area contributed by atoms with Gasteiger partial charge in [-0.05, 0) is 24.1 Å². The predicted octanol–water partition coefficient (Wildman–Crippen LogP) is 2.85. The van der Waals surface area contributed by atoms with Crippen molar-refractivity contribution in [3.05, 3.63) is 34.9 Å². The van der Waals surface area contributed by atoms with Crippen molar-refractivity contribution in [3.63, 3.8) is 0 Å². The number of benzene rings is 1. The van der Waals surface area contributed by atoms with Crippen molar-refractivity contribution >= 4 is 35.2 Å². The molecule has 1 N–H and O–H groups in total. The average Bonchev–Trinajstić information content (AvgIpc) is 2.62. The maximum Gasteiger partial charge on any atom is 0.306 e. The van der Waals surface area contributed by atoms with Crippen LogP contribution in [0.25, 0.3) is 0 Å². The number of carboxylic acid groups (broad SMARTS) is 1. The number of aliphatic carboxylic acids is 1. The number of hydrazone groups is 1. The highest BCUT2D eigenvalue weighted by atomic mass is 35.5. The Hall–Kier alpha value is -2.41. The largest absolute Gasteiger partial charge is 0.481 e. The van der Waals surface area contributed by atoms with Crippen molar-refractivity contribution in [1.29, 1.82) is 0 Å². The summed E-state index contributed by atoms with van der Waals surface area (Å²) in [5, 5.41) is 15.0. The van der Waals surface area contributed by atoms with Gasteiger partial charge in [0.25, 0.3) is 0 Å². The van der Waals surface area contributed by atoms with E-state index in [1.807, 2.05) is 19.1 Å². The van der Waals surface area contributed by atoms with E-state index in [2.05, 4.69) is 5.10 Å². The summed E-state index contributed by atoms with van der Waals surface area (Å²) in [5.41, 5.74) is 1.66. The second-order valence-electron chi connectivity index (χ2n) is 5.94. The molecule has 140 valence electrons. The van der Waals surface area contributed by atoms with Crippen LogP contribution in [0.4, 0.5) is 0 Å². The number of esters is 1. The maximum atomic E-state index is 12.2. The molecule has 0 fully saturated rings. The summed E-state index contributed by atoms with van der Waals surface area (Å²) in [6.45, 7) is 1.97. The minimum Gasteiger partial charge on any atom is -0.481 e. The van der Waals surface area contributed by atoms with E-state index in [-0.39, 0.29) is 25.3 Å². The van der Waals surface area contributed by atoms with Crippen molar-refractivity contribution in [2.75, 3.05) is 6.54 Å². The number of carbonyl (C=O) groups is 3. The van der Waals surface area contributed by atoms with E-state index in [9.17, 15) is 14.4 Å². The molecule has 0 bridgehead atoms. The second kappa shape index (κ2) is 9.33. The van der Waals surface area contributed by atoms with Gasteiger partial charge in [-0.15, -0.1) is 0 Å². The fourth-order valence-corrected chi connectivity index (χ4v) is 2.62. The highest BCUT2D eigenvalue weighted by molar-refractivity contribution is 6.30. The Morgan fingerprint density at radius 2 is 1.96 bits per heavy atom. The molecular formula is C18H21ClN2O5. The molecule has 1 unspecified atom stereocenters. The van der Waals surface area contributed by atoms with Crippen LogP contribution >= 0.6 is 11.6 Å². The van der Waals surface area contributed by atoms with Gasteiger partial charge in [0.15, 0.2) is 0 Å². The molecule has 1 aliphatic heterocycles. The number of nitrogens with zero attached hydrogens (tertiary/aromatic N) is 2. The van der Waals surface area contributed by atoms with Crippen LogP contribution in [0, 0.1) is 0 Å². The van der Waals surface area contributed by atoms with Gasteiger partial charge in [-0.2, -0.15) is 5.10 Å². The van der Waals surface area contributed by atoms with Crippen LogP contribution in [0.2, 0.25) is 5.02 Å². The van der Waals surface area contributed by atoms with Gasteiger partial charge >= 0.3 is 11.9 Å². The van der Waals surface area contributed by atoms with E-state index in [0.717, 1.165) is 11.3 Å². The Kier molecular flexibility index (Phi) is 7.15. The first-order valence-electron chi connectivity index (χ1n) is 8.44. The van der Waals surface area contributed by atoms with Gasteiger partial charge in [-0.25, -0.2) is 5.01 Å². The van der Waals surface area contributed by atoms with E-state index < -0.39 is 18.0 Å². The van der Waals surface area contributed by atoms with Gasteiger partial charge in [0.2, 0.25) is 5.91 Å². The van der Waals surface area contributed by atoms with Gasteiger partial charge in [0.1, 0.15) is 6.10 Å². The minimum absolute atomic E-state index is 0.136. The number of ether oxygens (including phenoxy) is 1. The maximum absolute atomic E-state index is 12.2. The summed E-state index contributed by atoms with van der Waals surface area (Å²) < 4.78 is 5.27. The highest BCUT2D eigenvalue weighted by Crippen LogP contribution is 2.18. The Balaban J connectivity index is 2.03. The predicted molar refractivity (Wildman–Crippen MR) is 96.0 cm³/mol. The molecule has 8 heteroatoms. The number of carboxylic acids is 1. The summed E-state index contributed by atoms with van der Waals surface area (Å²) >= 11 is 5.89. The van der Waals surface area contributed by atoms with Crippen LogP contribution in [-0.2, 0) is 19.1 Å². The summed E-state index contributed by atoms with van der Waals surface area (Å²) in [6.07, 6.45) is 0.343. The van der Waals surface area contributed by atoms with E-state index >= 15 is 0 Å². The third kappa shape index (κ3) is 5.84. The normalized spacial score (nSPS) is 15.4. The van der Waals surface area contributed by atoms with Gasteiger partial charge in [0, 0.05) is 17.9 Å². The SMILES string of the molecule is CCC(CN1N=C(c2ccc(Cl)cc2)CCC1=O)OC(=O)CCC(=O)O. The number of carbonyl (C=O) groups excluding carboxylic acids is 2. The zero-order chi connectivity index (χ0) is 19.1. The molecule has 1 aliphatic rings. The topological polar surface area (TPSA) is 96.3 Å². The fourth-order valence-electron chi connectivity index (χ4n) is 2.49. The lowest BCUT2D eigenvalue weighted by Gasteiger charge is -2.27. The Morgan fingerprint density at radius 3 is 2.58 bits per heavy atom. The fraction of sp³-hybridized carbons (Fsp3) is 0.444. The summed E-state index contributed by atoms with van der Waals surface area (Å²) in [4.78, 5) is 34.4. The van der Waals surface area contributed by atoms with E-state index in [1.54, 1.807) is 12.1 Å². The molecule has 2 rings (SSSR count). The summed E-state index contributed by atoms with van der Waals surface area (Å²) in [5.74, 6) is -1.79.